The van der Waals surface area contributed by atoms with Crippen molar-refractivity contribution in [3.05, 3.63) is 59.7 Å². The largest absolute Gasteiger partial charge is 0.313 e. The van der Waals surface area contributed by atoms with Gasteiger partial charge in [0.05, 0.1) is 5.41 Å². The molecule has 1 heterocycles. The fourth-order valence-electron chi connectivity index (χ4n) is 2.89. The van der Waals surface area contributed by atoms with Crippen LogP contribution in [0.25, 0.3) is 0 Å². The van der Waals surface area contributed by atoms with Crippen molar-refractivity contribution in [2.24, 2.45) is 0 Å². The van der Waals surface area contributed by atoms with E-state index in [1.54, 1.807) is 0 Å². The fraction of sp³-hybridized carbons (Fsp3) is 0.412. The predicted molar refractivity (Wildman–Crippen MR) is 80.5 cm³/mol. The molecule has 0 unspecified atom stereocenters. The minimum atomic E-state index is 0.0535. The maximum Gasteiger partial charge on any atom is 0.138 e. The van der Waals surface area contributed by atoms with Crippen molar-refractivity contribution in [1.29, 1.82) is 0 Å². The number of nitrogens with zero attached hydrogens (tertiary/aromatic N) is 2. The maximum atomic E-state index is 4.65. The molecule has 0 aliphatic heterocycles. The molecule has 0 amide bonds. The lowest BCUT2D eigenvalue weighted by molar-refractivity contribution is 0.285. The van der Waals surface area contributed by atoms with Gasteiger partial charge in [-0.2, -0.15) is 0 Å². The van der Waals surface area contributed by atoms with E-state index in [0.29, 0.717) is 0 Å². The molecule has 1 fully saturated rings. The van der Waals surface area contributed by atoms with Crippen LogP contribution in [0.1, 0.15) is 43.1 Å². The standard InChI is InChI=1S/C17H21N3/c1-2-18-11-14-12-19-16(20-13-14)17(9-6-10-17)15-7-4-3-5-8-15/h3-5,7-8,12-13,18H,2,6,9-11H2,1H3. The molecule has 3 nitrogen and oxygen atoms in total. The normalized spacial score (nSPS) is 16.6. The zero-order chi connectivity index (χ0) is 13.8. The lowest BCUT2D eigenvalue weighted by atomic mass is 9.64. The summed E-state index contributed by atoms with van der Waals surface area (Å²) in [5.41, 5.74) is 2.56. The van der Waals surface area contributed by atoms with Gasteiger partial charge in [0.2, 0.25) is 0 Å². The molecule has 3 rings (SSSR count). The number of hydrogen-bond donors (Lipinski definition) is 1. The van der Waals surface area contributed by atoms with E-state index in [4.69, 9.17) is 0 Å². The SMILES string of the molecule is CCNCc1cnc(C2(c3ccccc3)CCC2)nc1. The van der Waals surface area contributed by atoms with Crippen LogP contribution in [-0.2, 0) is 12.0 Å². The second-order valence-corrected chi connectivity index (χ2v) is 5.50. The molecule has 3 heteroatoms. The van der Waals surface area contributed by atoms with Crippen LogP contribution in [0.2, 0.25) is 0 Å². The van der Waals surface area contributed by atoms with Crippen LogP contribution in [0.15, 0.2) is 42.7 Å². The summed E-state index contributed by atoms with van der Waals surface area (Å²) < 4.78 is 0. The highest BCUT2D eigenvalue weighted by Crippen LogP contribution is 2.47. The van der Waals surface area contributed by atoms with Crippen molar-refractivity contribution in [3.63, 3.8) is 0 Å². The van der Waals surface area contributed by atoms with Crippen molar-refractivity contribution in [2.75, 3.05) is 6.54 Å². The first-order valence-corrected chi connectivity index (χ1v) is 7.43. The summed E-state index contributed by atoms with van der Waals surface area (Å²) in [4.78, 5) is 9.30. The molecule has 0 radical (unpaired) electrons. The highest BCUT2D eigenvalue weighted by Gasteiger charge is 2.42. The Kier molecular flexibility index (Phi) is 3.79. The van der Waals surface area contributed by atoms with E-state index in [1.165, 1.54) is 12.0 Å². The Morgan fingerprint density at radius 3 is 2.35 bits per heavy atom. The Morgan fingerprint density at radius 2 is 1.80 bits per heavy atom. The van der Waals surface area contributed by atoms with Gasteiger partial charge in [-0.1, -0.05) is 43.7 Å². The van der Waals surface area contributed by atoms with E-state index in [0.717, 1.165) is 37.3 Å². The second kappa shape index (κ2) is 5.71. The molecule has 1 saturated carbocycles. The molecule has 104 valence electrons. The molecule has 0 bridgehead atoms. The molecule has 0 saturated heterocycles. The molecular formula is C17H21N3. The second-order valence-electron chi connectivity index (χ2n) is 5.50. The first kappa shape index (κ1) is 13.3. The van der Waals surface area contributed by atoms with E-state index >= 15 is 0 Å². The fourth-order valence-corrected chi connectivity index (χ4v) is 2.89. The van der Waals surface area contributed by atoms with Crippen LogP contribution in [0.5, 0.6) is 0 Å². The lowest BCUT2D eigenvalue weighted by Crippen LogP contribution is -2.37. The molecule has 1 aromatic heterocycles. The van der Waals surface area contributed by atoms with Crippen LogP contribution < -0.4 is 5.32 Å². The summed E-state index contributed by atoms with van der Waals surface area (Å²) in [5, 5.41) is 3.30. The lowest BCUT2D eigenvalue weighted by Gasteiger charge is -2.40. The highest BCUT2D eigenvalue weighted by molar-refractivity contribution is 5.35. The zero-order valence-corrected chi connectivity index (χ0v) is 12.0. The van der Waals surface area contributed by atoms with Crippen molar-refractivity contribution < 1.29 is 0 Å². The van der Waals surface area contributed by atoms with E-state index in [-0.39, 0.29) is 5.41 Å². The molecule has 0 atom stereocenters. The summed E-state index contributed by atoms with van der Waals surface area (Å²) in [6, 6.07) is 10.7. The number of benzene rings is 1. The van der Waals surface area contributed by atoms with Gasteiger partial charge < -0.3 is 5.32 Å². The van der Waals surface area contributed by atoms with E-state index in [9.17, 15) is 0 Å². The molecule has 2 aromatic rings. The van der Waals surface area contributed by atoms with E-state index < -0.39 is 0 Å². The van der Waals surface area contributed by atoms with Gasteiger partial charge in [0.15, 0.2) is 0 Å². The predicted octanol–water partition coefficient (Wildman–Crippen LogP) is 3.06. The minimum absolute atomic E-state index is 0.0535. The summed E-state index contributed by atoms with van der Waals surface area (Å²) in [5.74, 6) is 0.982. The Morgan fingerprint density at radius 1 is 1.10 bits per heavy atom. The third-order valence-electron chi connectivity index (χ3n) is 4.25. The number of nitrogens with one attached hydrogen (secondary N) is 1. The molecule has 20 heavy (non-hydrogen) atoms. The van der Waals surface area contributed by atoms with Crippen LogP contribution >= 0.6 is 0 Å². The molecule has 1 aromatic carbocycles. The number of hydrogen-bond acceptors (Lipinski definition) is 3. The average molecular weight is 267 g/mol. The van der Waals surface area contributed by atoms with Crippen LogP contribution in [0, 0.1) is 0 Å². The van der Waals surface area contributed by atoms with E-state index in [1.807, 2.05) is 12.4 Å². The van der Waals surface area contributed by atoms with Crippen molar-refractivity contribution in [3.8, 4) is 0 Å². The Labute approximate surface area is 120 Å². The summed E-state index contributed by atoms with van der Waals surface area (Å²) in [6.45, 7) is 3.92. The van der Waals surface area contributed by atoms with Gasteiger partial charge in [0.1, 0.15) is 5.82 Å². The molecule has 1 aliphatic rings. The van der Waals surface area contributed by atoms with Gasteiger partial charge >= 0.3 is 0 Å². The average Bonchev–Trinajstić information content (AvgIpc) is 2.46. The van der Waals surface area contributed by atoms with Crippen molar-refractivity contribution in [1.82, 2.24) is 15.3 Å². The number of rotatable bonds is 5. The van der Waals surface area contributed by atoms with Gasteiger partial charge in [-0.3, -0.25) is 0 Å². The van der Waals surface area contributed by atoms with Gasteiger partial charge in [-0.25, -0.2) is 9.97 Å². The first-order valence-electron chi connectivity index (χ1n) is 7.43. The molecule has 0 spiro atoms. The number of aromatic nitrogens is 2. The Bertz CT molecular complexity index is 544. The first-order chi connectivity index (χ1) is 9.85. The molecule has 1 aliphatic carbocycles. The zero-order valence-electron chi connectivity index (χ0n) is 12.0. The van der Waals surface area contributed by atoms with Crippen LogP contribution in [0.3, 0.4) is 0 Å². The van der Waals surface area contributed by atoms with Crippen LogP contribution in [0.4, 0.5) is 0 Å². The third kappa shape index (κ3) is 2.34. The highest BCUT2D eigenvalue weighted by atomic mass is 14.9. The smallest absolute Gasteiger partial charge is 0.138 e. The topological polar surface area (TPSA) is 37.8 Å². The van der Waals surface area contributed by atoms with Crippen molar-refractivity contribution >= 4 is 0 Å². The Hall–Kier alpha value is -1.74. The molecule has 1 N–H and O–H groups in total. The Balaban J connectivity index is 1.87. The van der Waals surface area contributed by atoms with Crippen LogP contribution in [-0.4, -0.2) is 16.5 Å². The summed E-state index contributed by atoms with van der Waals surface area (Å²) >= 11 is 0. The van der Waals surface area contributed by atoms with E-state index in [2.05, 4.69) is 52.5 Å². The van der Waals surface area contributed by atoms with Gasteiger partial charge in [-0.15, -0.1) is 0 Å². The van der Waals surface area contributed by atoms with Crippen molar-refractivity contribution in [2.45, 2.75) is 38.1 Å². The maximum absolute atomic E-state index is 4.65. The molecular weight excluding hydrogens is 246 g/mol. The van der Waals surface area contributed by atoms with Gasteiger partial charge in [0.25, 0.3) is 0 Å². The van der Waals surface area contributed by atoms with Gasteiger partial charge in [-0.05, 0) is 24.9 Å². The monoisotopic (exact) mass is 267 g/mol. The quantitative estimate of drug-likeness (QED) is 0.904. The summed E-state index contributed by atoms with van der Waals surface area (Å²) in [6.07, 6.45) is 7.51. The summed E-state index contributed by atoms with van der Waals surface area (Å²) in [7, 11) is 0. The minimum Gasteiger partial charge on any atom is -0.313 e. The van der Waals surface area contributed by atoms with Gasteiger partial charge in [0, 0.05) is 24.5 Å². The third-order valence-corrected chi connectivity index (χ3v) is 4.25.